The Bertz CT molecular complexity index is 786. The highest BCUT2D eigenvalue weighted by atomic mass is 32.2. The topological polar surface area (TPSA) is 94.3 Å². The molecule has 0 aliphatic carbocycles. The van der Waals surface area contributed by atoms with E-state index in [9.17, 15) is 30.0 Å². The Morgan fingerprint density at radius 2 is 1.86 bits per heavy atom. The summed E-state index contributed by atoms with van der Waals surface area (Å²) in [5, 5.41) is -4.73. The average Bonchev–Trinajstić information content (AvgIpc) is 2.37. The molecule has 0 unspecified atom stereocenters. The van der Waals surface area contributed by atoms with Gasteiger partial charge in [0.2, 0.25) is 9.84 Å². The lowest BCUT2D eigenvalue weighted by molar-refractivity contribution is 0.105. The summed E-state index contributed by atoms with van der Waals surface area (Å²) in [5.41, 5.74) is 4.69. The van der Waals surface area contributed by atoms with Gasteiger partial charge in [-0.15, -0.1) is 0 Å². The summed E-state index contributed by atoms with van der Waals surface area (Å²) in [6.45, 7) is -0.583. The van der Waals surface area contributed by atoms with E-state index in [0.29, 0.717) is 0 Å². The Balaban J connectivity index is 3.21. The minimum absolute atomic E-state index is 0.192. The molecule has 0 amide bonds. The van der Waals surface area contributed by atoms with Gasteiger partial charge in [-0.2, -0.15) is 8.78 Å². The van der Waals surface area contributed by atoms with Gasteiger partial charge >= 0.3 is 5.25 Å². The number of rotatable bonds is 6. The SMILES string of the molecule is CS(=O)(=O)c1cccc(CS(=O)(=O)C(F)(F)/C(F)=C/CN)c1. The van der Waals surface area contributed by atoms with Crippen molar-refractivity contribution in [3.63, 3.8) is 0 Å². The second-order valence-electron chi connectivity index (χ2n) is 4.48. The summed E-state index contributed by atoms with van der Waals surface area (Å²) in [7, 11) is -8.85. The molecule has 5 nitrogen and oxygen atoms in total. The normalized spacial score (nSPS) is 14.1. The van der Waals surface area contributed by atoms with Crippen molar-refractivity contribution in [2.24, 2.45) is 5.73 Å². The number of sulfone groups is 2. The molecule has 0 saturated carbocycles. The van der Waals surface area contributed by atoms with Crippen LogP contribution in [0.15, 0.2) is 41.1 Å². The van der Waals surface area contributed by atoms with Gasteiger partial charge in [-0.3, -0.25) is 0 Å². The summed E-state index contributed by atoms with van der Waals surface area (Å²) < 4.78 is 86.5. The number of alkyl halides is 2. The zero-order chi connectivity index (χ0) is 17.2. The number of hydrogen-bond acceptors (Lipinski definition) is 5. The molecule has 0 heterocycles. The van der Waals surface area contributed by atoms with Gasteiger partial charge < -0.3 is 5.73 Å². The summed E-state index contributed by atoms with van der Waals surface area (Å²) in [6.07, 6.45) is 1.16. The van der Waals surface area contributed by atoms with Crippen LogP contribution >= 0.6 is 0 Å². The van der Waals surface area contributed by atoms with Crippen molar-refractivity contribution in [3.05, 3.63) is 41.7 Å². The predicted molar refractivity (Wildman–Crippen MR) is 75.4 cm³/mol. The van der Waals surface area contributed by atoms with Gasteiger partial charge in [0.15, 0.2) is 15.7 Å². The second kappa shape index (κ2) is 6.39. The molecule has 0 spiro atoms. The van der Waals surface area contributed by atoms with Crippen LogP contribution < -0.4 is 5.73 Å². The molecule has 0 aromatic heterocycles. The zero-order valence-electron chi connectivity index (χ0n) is 11.5. The number of hydrogen-bond donors (Lipinski definition) is 1. The van der Waals surface area contributed by atoms with Gasteiger partial charge in [0, 0.05) is 12.8 Å². The molecule has 0 saturated heterocycles. The first-order chi connectivity index (χ1) is 9.91. The third-order valence-corrected chi connectivity index (χ3v) is 5.45. The van der Waals surface area contributed by atoms with E-state index >= 15 is 0 Å². The smallest absolute Gasteiger partial charge is 0.327 e. The fraction of sp³-hybridized carbons (Fsp3) is 0.333. The first kappa shape index (κ1) is 18.7. The standard InChI is InChI=1S/C12H14F3NO4S2/c1-21(17,18)10-4-2-3-9(7-10)8-22(19,20)12(14,15)11(13)5-6-16/h2-5,7H,6,8,16H2,1H3/b11-5-. The highest BCUT2D eigenvalue weighted by Gasteiger charge is 2.49. The van der Waals surface area contributed by atoms with E-state index < -0.39 is 43.1 Å². The Hall–Kier alpha value is -1.39. The summed E-state index contributed by atoms with van der Waals surface area (Å²) in [5.74, 6) is -3.37. The molecular weight excluding hydrogens is 343 g/mol. The number of benzene rings is 1. The quantitative estimate of drug-likeness (QED) is 0.831. The fourth-order valence-electron chi connectivity index (χ4n) is 1.55. The van der Waals surface area contributed by atoms with Crippen molar-refractivity contribution in [3.8, 4) is 0 Å². The molecule has 10 heteroatoms. The van der Waals surface area contributed by atoms with E-state index in [4.69, 9.17) is 5.73 Å². The van der Waals surface area contributed by atoms with Crippen molar-refractivity contribution in [2.45, 2.75) is 15.9 Å². The fourth-order valence-corrected chi connectivity index (χ4v) is 3.42. The van der Waals surface area contributed by atoms with E-state index in [2.05, 4.69) is 0 Å². The first-order valence-corrected chi connectivity index (χ1v) is 9.41. The maximum Gasteiger partial charge on any atom is 0.396 e. The van der Waals surface area contributed by atoms with Crippen molar-refractivity contribution < 1.29 is 30.0 Å². The highest BCUT2D eigenvalue weighted by Crippen LogP contribution is 2.34. The van der Waals surface area contributed by atoms with Crippen molar-refractivity contribution in [2.75, 3.05) is 12.8 Å². The molecule has 1 rings (SSSR count). The van der Waals surface area contributed by atoms with Gasteiger partial charge in [0.1, 0.15) is 0 Å². The molecule has 2 N–H and O–H groups in total. The minimum Gasteiger partial charge on any atom is -0.327 e. The monoisotopic (exact) mass is 357 g/mol. The molecule has 1 aromatic carbocycles. The molecule has 1 aromatic rings. The zero-order valence-corrected chi connectivity index (χ0v) is 13.1. The maximum atomic E-state index is 13.6. The van der Waals surface area contributed by atoms with Crippen molar-refractivity contribution in [1.82, 2.24) is 0 Å². The van der Waals surface area contributed by atoms with Crippen LogP contribution in [-0.4, -0.2) is 34.9 Å². The van der Waals surface area contributed by atoms with Crippen LogP contribution in [0.5, 0.6) is 0 Å². The van der Waals surface area contributed by atoms with Crippen LogP contribution in [0.1, 0.15) is 5.56 Å². The number of halogens is 3. The van der Waals surface area contributed by atoms with Gasteiger partial charge in [0.05, 0.1) is 10.6 Å². The van der Waals surface area contributed by atoms with Crippen LogP contribution in [0.2, 0.25) is 0 Å². The van der Waals surface area contributed by atoms with E-state index in [1.165, 1.54) is 12.1 Å². The molecule has 124 valence electrons. The molecule has 0 atom stereocenters. The highest BCUT2D eigenvalue weighted by molar-refractivity contribution is 7.92. The van der Waals surface area contributed by atoms with Gasteiger partial charge in [0.25, 0.3) is 0 Å². The third-order valence-electron chi connectivity index (χ3n) is 2.65. The molecule has 0 fully saturated rings. The lowest BCUT2D eigenvalue weighted by Gasteiger charge is -2.15. The molecular formula is C12H14F3NO4S2. The lowest BCUT2D eigenvalue weighted by atomic mass is 10.2. The number of nitrogens with two attached hydrogens (primary N) is 1. The Morgan fingerprint density at radius 1 is 1.27 bits per heavy atom. The molecule has 0 aliphatic heterocycles. The van der Waals surface area contributed by atoms with Crippen LogP contribution in [0.4, 0.5) is 13.2 Å². The summed E-state index contributed by atoms with van der Waals surface area (Å²) in [4.78, 5) is -0.221. The van der Waals surface area contributed by atoms with E-state index in [1.807, 2.05) is 0 Å². The molecule has 0 bridgehead atoms. The van der Waals surface area contributed by atoms with Crippen molar-refractivity contribution >= 4 is 19.7 Å². The van der Waals surface area contributed by atoms with E-state index in [0.717, 1.165) is 18.4 Å². The Morgan fingerprint density at radius 3 is 2.36 bits per heavy atom. The van der Waals surface area contributed by atoms with Crippen molar-refractivity contribution in [1.29, 1.82) is 0 Å². The minimum atomic E-state index is -5.22. The predicted octanol–water partition coefficient (Wildman–Crippen LogP) is 1.41. The summed E-state index contributed by atoms with van der Waals surface area (Å²) in [6, 6.07) is 4.52. The average molecular weight is 357 g/mol. The first-order valence-electron chi connectivity index (χ1n) is 5.87. The van der Waals surface area contributed by atoms with E-state index in [-0.39, 0.29) is 16.5 Å². The van der Waals surface area contributed by atoms with Gasteiger partial charge in [-0.25, -0.2) is 21.2 Å². The lowest BCUT2D eigenvalue weighted by Crippen LogP contribution is -2.31. The van der Waals surface area contributed by atoms with Crippen LogP contribution in [0, 0.1) is 0 Å². The Labute approximate surface area is 126 Å². The van der Waals surface area contributed by atoms with Crippen LogP contribution in [-0.2, 0) is 25.4 Å². The molecule has 0 radical (unpaired) electrons. The van der Waals surface area contributed by atoms with Gasteiger partial charge in [-0.05, 0) is 23.8 Å². The third kappa shape index (κ3) is 4.08. The maximum absolute atomic E-state index is 13.6. The van der Waals surface area contributed by atoms with Crippen LogP contribution in [0.3, 0.4) is 0 Å². The second-order valence-corrected chi connectivity index (χ2v) is 8.53. The summed E-state index contributed by atoms with van der Waals surface area (Å²) >= 11 is 0. The Kier molecular flexibility index (Phi) is 5.42. The van der Waals surface area contributed by atoms with Gasteiger partial charge in [-0.1, -0.05) is 12.1 Å². The molecule has 22 heavy (non-hydrogen) atoms. The van der Waals surface area contributed by atoms with E-state index in [1.54, 1.807) is 0 Å². The molecule has 0 aliphatic rings. The van der Waals surface area contributed by atoms with Crippen LogP contribution in [0.25, 0.3) is 0 Å². The largest absolute Gasteiger partial charge is 0.396 e.